The van der Waals surface area contributed by atoms with Gasteiger partial charge in [0.2, 0.25) is 11.5 Å². The number of nitrogens with zero attached hydrogens (tertiary/aromatic N) is 2. The molecule has 2 aromatic rings. The highest BCUT2D eigenvalue weighted by atomic mass is 32.2. The molecule has 212 valence electrons. The van der Waals surface area contributed by atoms with Crippen LogP contribution in [0.4, 0.5) is 0 Å². The fourth-order valence-electron chi connectivity index (χ4n) is 5.63. The number of fused-ring (bicyclic) bond motifs is 1. The molecule has 1 atom stereocenters. The SMILES string of the molecule is COc1cc(/C=C2\CCCCC3=C2N=C2SC(C)=CN2C3c2cc(OC)c(OC)c(OC)c2)cc(OC)c1OC. The first kappa shape index (κ1) is 27.8. The van der Waals surface area contributed by atoms with E-state index >= 15 is 0 Å². The number of hydrogen-bond acceptors (Lipinski definition) is 9. The Balaban J connectivity index is 1.69. The molecule has 2 heterocycles. The molecule has 0 amide bonds. The summed E-state index contributed by atoms with van der Waals surface area (Å²) in [5, 5.41) is 0.965. The molecular formula is C31H36N2O6S. The summed E-state index contributed by atoms with van der Waals surface area (Å²) in [4.78, 5) is 8.74. The predicted molar refractivity (Wildman–Crippen MR) is 159 cm³/mol. The molecule has 2 aromatic carbocycles. The first-order valence-corrected chi connectivity index (χ1v) is 14.0. The maximum Gasteiger partial charge on any atom is 0.203 e. The van der Waals surface area contributed by atoms with Crippen molar-refractivity contribution in [2.45, 2.75) is 38.6 Å². The molecule has 0 saturated carbocycles. The minimum absolute atomic E-state index is 0.0532. The van der Waals surface area contributed by atoms with Gasteiger partial charge in [0, 0.05) is 11.1 Å². The standard InChI is InChI=1S/C31H36N2O6S/c1-18-17-33-28(21-15-25(36-4)30(39-7)26(16-21)37-5)22-11-9-8-10-20(27(22)32-31(33)40-18)12-19-13-23(34-2)29(38-6)24(14-19)35-3/h12-17,28H,8-11H2,1-7H3/b20-12+. The number of hydrogen-bond donors (Lipinski definition) is 0. The lowest BCUT2D eigenvalue weighted by Gasteiger charge is -2.35. The Hall–Kier alpha value is -3.72. The number of rotatable bonds is 8. The van der Waals surface area contributed by atoms with Crippen molar-refractivity contribution in [2.24, 2.45) is 4.99 Å². The van der Waals surface area contributed by atoms with E-state index in [1.807, 2.05) is 12.1 Å². The van der Waals surface area contributed by atoms with Gasteiger partial charge in [-0.25, -0.2) is 4.99 Å². The van der Waals surface area contributed by atoms with Crippen LogP contribution in [0.5, 0.6) is 34.5 Å². The lowest BCUT2D eigenvalue weighted by Crippen LogP contribution is -2.31. The number of allylic oxidation sites excluding steroid dienone is 2. The average Bonchev–Trinajstić information content (AvgIpc) is 3.24. The van der Waals surface area contributed by atoms with Crippen LogP contribution >= 0.6 is 11.8 Å². The Labute approximate surface area is 240 Å². The van der Waals surface area contributed by atoms with E-state index in [9.17, 15) is 0 Å². The summed E-state index contributed by atoms with van der Waals surface area (Å²) in [7, 11) is 9.82. The summed E-state index contributed by atoms with van der Waals surface area (Å²) in [6.07, 6.45) is 8.39. The summed E-state index contributed by atoms with van der Waals surface area (Å²) < 4.78 is 33.9. The van der Waals surface area contributed by atoms with E-state index in [0.29, 0.717) is 34.5 Å². The maximum atomic E-state index is 5.73. The molecule has 0 bridgehead atoms. The fourth-order valence-corrected chi connectivity index (χ4v) is 6.49. The first-order chi connectivity index (χ1) is 19.5. The molecule has 0 aromatic heterocycles. The summed E-state index contributed by atoms with van der Waals surface area (Å²) in [6.45, 7) is 2.12. The number of thioether (sulfide) groups is 1. The molecule has 40 heavy (non-hydrogen) atoms. The Morgan fingerprint density at radius 1 is 0.775 bits per heavy atom. The van der Waals surface area contributed by atoms with Gasteiger partial charge in [-0.15, -0.1) is 0 Å². The zero-order valence-electron chi connectivity index (χ0n) is 24.1. The van der Waals surface area contributed by atoms with Gasteiger partial charge in [-0.3, -0.25) is 0 Å². The van der Waals surface area contributed by atoms with Gasteiger partial charge in [0.15, 0.2) is 28.2 Å². The molecule has 0 saturated heterocycles. The van der Waals surface area contributed by atoms with Gasteiger partial charge in [0.1, 0.15) is 0 Å². The Morgan fingerprint density at radius 2 is 1.32 bits per heavy atom. The van der Waals surface area contributed by atoms with Crippen LogP contribution in [0.25, 0.3) is 6.08 Å². The smallest absolute Gasteiger partial charge is 0.203 e. The van der Waals surface area contributed by atoms with Gasteiger partial charge >= 0.3 is 0 Å². The van der Waals surface area contributed by atoms with Crippen LogP contribution in [-0.4, -0.2) is 52.7 Å². The normalized spacial score (nSPS) is 19.3. The molecule has 3 aliphatic rings. The third-order valence-corrected chi connectivity index (χ3v) is 8.30. The Kier molecular flexibility index (Phi) is 8.21. The van der Waals surface area contributed by atoms with Crippen LogP contribution in [0.2, 0.25) is 0 Å². The second-order valence-electron chi connectivity index (χ2n) is 9.71. The number of ether oxygens (including phenoxy) is 6. The zero-order valence-corrected chi connectivity index (χ0v) is 24.9. The van der Waals surface area contributed by atoms with E-state index in [-0.39, 0.29) is 6.04 Å². The highest BCUT2D eigenvalue weighted by molar-refractivity contribution is 8.17. The second kappa shape index (κ2) is 11.8. The average molecular weight is 565 g/mol. The minimum Gasteiger partial charge on any atom is -0.493 e. The number of methoxy groups -OCH3 is 6. The molecule has 0 spiro atoms. The molecule has 8 nitrogen and oxygen atoms in total. The molecule has 0 radical (unpaired) electrons. The number of aliphatic imine (C=N–C) groups is 1. The monoisotopic (exact) mass is 564 g/mol. The lowest BCUT2D eigenvalue weighted by molar-refractivity contribution is 0.322. The molecule has 1 aliphatic carbocycles. The van der Waals surface area contributed by atoms with Gasteiger partial charge in [-0.05, 0) is 85.2 Å². The molecular weight excluding hydrogens is 528 g/mol. The van der Waals surface area contributed by atoms with Gasteiger partial charge in [-0.1, -0.05) is 11.8 Å². The third-order valence-electron chi connectivity index (χ3n) is 7.39. The van der Waals surface area contributed by atoms with E-state index in [0.717, 1.165) is 47.7 Å². The fraction of sp³-hybridized carbons (Fsp3) is 0.387. The quantitative estimate of drug-likeness (QED) is 0.340. The van der Waals surface area contributed by atoms with Crippen molar-refractivity contribution in [1.82, 2.24) is 4.90 Å². The predicted octanol–water partition coefficient (Wildman–Crippen LogP) is 6.97. The van der Waals surface area contributed by atoms with Crippen LogP contribution in [0.15, 0.2) is 57.2 Å². The Morgan fingerprint density at radius 3 is 1.88 bits per heavy atom. The van der Waals surface area contributed by atoms with Crippen molar-refractivity contribution in [3.05, 3.63) is 63.3 Å². The van der Waals surface area contributed by atoms with Gasteiger partial charge in [-0.2, -0.15) is 0 Å². The molecule has 0 N–H and O–H groups in total. The van der Waals surface area contributed by atoms with Gasteiger partial charge < -0.3 is 33.3 Å². The highest BCUT2D eigenvalue weighted by Gasteiger charge is 2.38. The molecule has 2 aliphatic heterocycles. The molecule has 0 fully saturated rings. The largest absolute Gasteiger partial charge is 0.493 e. The second-order valence-corrected chi connectivity index (χ2v) is 10.9. The highest BCUT2D eigenvalue weighted by Crippen LogP contribution is 2.50. The summed E-state index contributed by atoms with van der Waals surface area (Å²) in [6, 6.07) is 8.02. The minimum atomic E-state index is -0.0532. The van der Waals surface area contributed by atoms with Crippen LogP contribution in [0.3, 0.4) is 0 Å². The summed E-state index contributed by atoms with van der Waals surface area (Å²) >= 11 is 1.70. The third kappa shape index (κ3) is 4.98. The van der Waals surface area contributed by atoms with Crippen LogP contribution in [0.1, 0.15) is 49.8 Å². The summed E-state index contributed by atoms with van der Waals surface area (Å²) in [5.41, 5.74) is 5.55. The van der Waals surface area contributed by atoms with Gasteiger partial charge in [0.05, 0.1) is 54.4 Å². The van der Waals surface area contributed by atoms with Crippen molar-refractivity contribution in [2.75, 3.05) is 42.7 Å². The van der Waals surface area contributed by atoms with Crippen molar-refractivity contribution in [1.29, 1.82) is 0 Å². The molecule has 5 rings (SSSR count). The van der Waals surface area contributed by atoms with E-state index < -0.39 is 0 Å². The van der Waals surface area contributed by atoms with E-state index in [1.54, 1.807) is 54.4 Å². The van der Waals surface area contributed by atoms with Crippen LogP contribution in [0, 0.1) is 0 Å². The van der Waals surface area contributed by atoms with E-state index in [2.05, 4.69) is 36.2 Å². The zero-order chi connectivity index (χ0) is 28.4. The topological polar surface area (TPSA) is 71.0 Å². The van der Waals surface area contributed by atoms with Crippen molar-refractivity contribution >= 4 is 23.0 Å². The first-order valence-electron chi connectivity index (χ1n) is 13.2. The maximum absolute atomic E-state index is 5.73. The molecule has 1 unspecified atom stereocenters. The lowest BCUT2D eigenvalue weighted by atomic mass is 9.90. The van der Waals surface area contributed by atoms with Crippen molar-refractivity contribution in [3.8, 4) is 34.5 Å². The van der Waals surface area contributed by atoms with E-state index in [1.165, 1.54) is 16.1 Å². The number of benzene rings is 2. The van der Waals surface area contributed by atoms with Gasteiger partial charge in [0.25, 0.3) is 0 Å². The summed E-state index contributed by atoms with van der Waals surface area (Å²) in [5.74, 6) is 3.68. The van der Waals surface area contributed by atoms with Crippen molar-refractivity contribution < 1.29 is 28.4 Å². The Bertz CT molecular complexity index is 1380. The van der Waals surface area contributed by atoms with Crippen LogP contribution in [-0.2, 0) is 0 Å². The van der Waals surface area contributed by atoms with Crippen molar-refractivity contribution in [3.63, 3.8) is 0 Å². The molecule has 9 heteroatoms. The number of amidine groups is 1. The van der Waals surface area contributed by atoms with E-state index in [4.69, 9.17) is 33.4 Å². The van der Waals surface area contributed by atoms with Crippen LogP contribution < -0.4 is 28.4 Å².